The maximum Gasteiger partial charge on any atom is 0.410 e. The molecule has 1 fully saturated rings. The van der Waals surface area contributed by atoms with Gasteiger partial charge in [0.1, 0.15) is 5.60 Å². The number of piperidine rings is 1. The van der Waals surface area contributed by atoms with E-state index in [1.165, 1.54) is 0 Å². The summed E-state index contributed by atoms with van der Waals surface area (Å²) in [5.74, 6) is 1.75. The monoisotopic (exact) mass is 412 g/mol. The third kappa shape index (κ3) is 11.3. The van der Waals surface area contributed by atoms with Crippen LogP contribution in [0.4, 0.5) is 4.79 Å². The molecule has 29 heavy (non-hydrogen) atoms. The normalized spacial score (nSPS) is 19.0. The number of hydrogen-bond donors (Lipinski definition) is 3. The molecular formula is C22H44N4O3. The van der Waals surface area contributed by atoms with Gasteiger partial charge in [0.05, 0.1) is 0 Å². The molecule has 0 aliphatic carbocycles. The van der Waals surface area contributed by atoms with Crippen LogP contribution >= 0.6 is 0 Å². The molecule has 0 aromatic heterocycles. The molecule has 2 unspecified atom stereocenters. The van der Waals surface area contributed by atoms with Crippen LogP contribution in [0.5, 0.6) is 0 Å². The van der Waals surface area contributed by atoms with Gasteiger partial charge in [0.2, 0.25) is 0 Å². The van der Waals surface area contributed by atoms with Crippen molar-refractivity contribution in [2.45, 2.75) is 78.7 Å². The first-order valence-electron chi connectivity index (χ1n) is 11.4. The van der Waals surface area contributed by atoms with Crippen LogP contribution in [-0.2, 0) is 4.74 Å². The summed E-state index contributed by atoms with van der Waals surface area (Å²) in [4.78, 5) is 18.9. The van der Waals surface area contributed by atoms with Crippen LogP contribution in [0.15, 0.2) is 4.99 Å². The number of nitrogens with zero attached hydrogens (tertiary/aromatic N) is 2. The molecular weight excluding hydrogens is 368 g/mol. The van der Waals surface area contributed by atoms with E-state index in [1.54, 1.807) is 0 Å². The van der Waals surface area contributed by atoms with Crippen LogP contribution in [0.2, 0.25) is 0 Å². The molecule has 1 aliphatic rings. The van der Waals surface area contributed by atoms with Gasteiger partial charge in [0.15, 0.2) is 5.96 Å². The van der Waals surface area contributed by atoms with Gasteiger partial charge in [-0.2, -0.15) is 0 Å². The van der Waals surface area contributed by atoms with Crippen molar-refractivity contribution in [1.29, 1.82) is 0 Å². The van der Waals surface area contributed by atoms with Crippen molar-refractivity contribution in [1.82, 2.24) is 15.5 Å². The molecule has 0 radical (unpaired) electrons. The molecule has 0 bridgehead atoms. The van der Waals surface area contributed by atoms with Gasteiger partial charge in [0, 0.05) is 39.3 Å². The highest BCUT2D eigenvalue weighted by molar-refractivity contribution is 5.79. The second-order valence-electron chi connectivity index (χ2n) is 9.04. The summed E-state index contributed by atoms with van der Waals surface area (Å²) in [5.41, 5.74) is -0.450. The van der Waals surface area contributed by atoms with Gasteiger partial charge in [-0.3, -0.25) is 4.99 Å². The van der Waals surface area contributed by atoms with E-state index >= 15 is 0 Å². The fourth-order valence-electron chi connectivity index (χ4n) is 3.67. The topological polar surface area (TPSA) is 86.2 Å². The Morgan fingerprint density at radius 2 is 2.03 bits per heavy atom. The first kappa shape index (κ1) is 25.5. The Balaban J connectivity index is 2.46. The maximum atomic E-state index is 12.3. The lowest BCUT2D eigenvalue weighted by Crippen LogP contribution is -2.44. The molecule has 1 amide bonds. The second kappa shape index (κ2) is 13.7. The number of aliphatic imine (C=N–C) groups is 1. The number of ether oxygens (including phenoxy) is 1. The zero-order valence-electron chi connectivity index (χ0n) is 19.3. The molecule has 1 aliphatic heterocycles. The zero-order valence-corrected chi connectivity index (χ0v) is 19.3. The summed E-state index contributed by atoms with van der Waals surface area (Å²) in [5, 5.41) is 16.0. The largest absolute Gasteiger partial charge is 0.444 e. The van der Waals surface area contributed by atoms with E-state index in [9.17, 15) is 9.90 Å². The van der Waals surface area contributed by atoms with E-state index in [2.05, 4.69) is 24.5 Å². The standard InChI is InChI=1S/C22H44N4O3/c1-6-9-18(12-15-27)16-25-20(23-7-2)24-13-11-19-10-8-14-26(17-19)21(28)29-22(3,4)5/h18-19,27H,6-17H2,1-5H3,(H2,23,24,25). The first-order chi connectivity index (χ1) is 13.8. The molecule has 2 atom stereocenters. The minimum atomic E-state index is -0.450. The molecule has 0 saturated carbocycles. The van der Waals surface area contributed by atoms with Gasteiger partial charge in [0.25, 0.3) is 0 Å². The Bertz CT molecular complexity index is 485. The smallest absolute Gasteiger partial charge is 0.410 e. The number of hydrogen-bond acceptors (Lipinski definition) is 4. The summed E-state index contributed by atoms with van der Waals surface area (Å²) in [6.07, 6.45) is 5.97. The number of aliphatic hydroxyl groups excluding tert-OH is 1. The number of rotatable bonds is 10. The average Bonchev–Trinajstić information content (AvgIpc) is 2.65. The van der Waals surface area contributed by atoms with Crippen molar-refractivity contribution in [3.8, 4) is 0 Å². The Morgan fingerprint density at radius 3 is 2.66 bits per heavy atom. The number of aliphatic hydroxyl groups is 1. The summed E-state index contributed by atoms with van der Waals surface area (Å²) in [6, 6.07) is 0. The second-order valence-corrected chi connectivity index (χ2v) is 9.04. The Hall–Kier alpha value is -1.50. The van der Waals surface area contributed by atoms with Gasteiger partial charge in [-0.15, -0.1) is 0 Å². The average molecular weight is 413 g/mol. The fraction of sp³-hybridized carbons (Fsp3) is 0.909. The van der Waals surface area contributed by atoms with Crippen LogP contribution in [-0.4, -0.2) is 67.0 Å². The molecule has 1 rings (SSSR count). The van der Waals surface area contributed by atoms with Crippen molar-refractivity contribution in [2.75, 3.05) is 39.3 Å². The van der Waals surface area contributed by atoms with Crippen molar-refractivity contribution in [3.05, 3.63) is 0 Å². The zero-order chi connectivity index (χ0) is 21.7. The van der Waals surface area contributed by atoms with Crippen molar-refractivity contribution >= 4 is 12.1 Å². The highest BCUT2D eigenvalue weighted by Crippen LogP contribution is 2.21. The van der Waals surface area contributed by atoms with Crippen molar-refractivity contribution < 1.29 is 14.6 Å². The summed E-state index contributed by atoms with van der Waals surface area (Å²) < 4.78 is 5.52. The molecule has 7 heteroatoms. The summed E-state index contributed by atoms with van der Waals surface area (Å²) in [7, 11) is 0. The van der Waals surface area contributed by atoms with Gasteiger partial charge < -0.3 is 25.4 Å². The Morgan fingerprint density at radius 1 is 1.28 bits per heavy atom. The molecule has 7 nitrogen and oxygen atoms in total. The van der Waals surface area contributed by atoms with E-state index < -0.39 is 5.60 Å². The molecule has 0 spiro atoms. The number of likely N-dealkylation sites (tertiary alicyclic amines) is 1. The van der Waals surface area contributed by atoms with Crippen molar-refractivity contribution in [2.24, 2.45) is 16.8 Å². The molecule has 1 saturated heterocycles. The van der Waals surface area contributed by atoms with E-state index in [0.717, 1.165) is 77.2 Å². The third-order valence-electron chi connectivity index (χ3n) is 5.10. The first-order valence-corrected chi connectivity index (χ1v) is 11.4. The van der Waals surface area contributed by atoms with Gasteiger partial charge in [-0.1, -0.05) is 13.3 Å². The maximum absolute atomic E-state index is 12.3. The highest BCUT2D eigenvalue weighted by Gasteiger charge is 2.27. The highest BCUT2D eigenvalue weighted by atomic mass is 16.6. The molecule has 1 heterocycles. The van der Waals surface area contributed by atoms with Gasteiger partial charge in [-0.25, -0.2) is 4.79 Å². The van der Waals surface area contributed by atoms with Gasteiger partial charge >= 0.3 is 6.09 Å². The van der Waals surface area contributed by atoms with Crippen LogP contribution in [0.25, 0.3) is 0 Å². The van der Waals surface area contributed by atoms with E-state index in [-0.39, 0.29) is 12.7 Å². The lowest BCUT2D eigenvalue weighted by Gasteiger charge is -2.34. The number of guanidine groups is 1. The van der Waals surface area contributed by atoms with Gasteiger partial charge in [-0.05, 0) is 71.6 Å². The van der Waals surface area contributed by atoms with Crippen LogP contribution in [0.3, 0.4) is 0 Å². The van der Waals surface area contributed by atoms with E-state index in [4.69, 9.17) is 9.73 Å². The quantitative estimate of drug-likeness (QED) is 0.378. The fourth-order valence-corrected chi connectivity index (χ4v) is 3.67. The molecule has 0 aromatic carbocycles. The van der Waals surface area contributed by atoms with Crippen LogP contribution in [0.1, 0.15) is 73.1 Å². The predicted molar refractivity (Wildman–Crippen MR) is 119 cm³/mol. The third-order valence-corrected chi connectivity index (χ3v) is 5.10. The number of carbonyl (C=O) groups is 1. The number of amides is 1. The Kier molecular flexibility index (Phi) is 12.0. The minimum Gasteiger partial charge on any atom is -0.444 e. The number of carbonyl (C=O) groups excluding carboxylic acids is 1. The lowest BCUT2D eigenvalue weighted by atomic mass is 9.95. The molecule has 170 valence electrons. The van der Waals surface area contributed by atoms with Crippen LogP contribution in [0, 0.1) is 11.8 Å². The Labute approximate surface area is 177 Å². The van der Waals surface area contributed by atoms with Crippen LogP contribution < -0.4 is 10.6 Å². The molecule has 0 aromatic rings. The van der Waals surface area contributed by atoms with E-state index in [1.807, 2.05) is 25.7 Å². The number of nitrogens with one attached hydrogen (secondary N) is 2. The summed E-state index contributed by atoms with van der Waals surface area (Å²) >= 11 is 0. The van der Waals surface area contributed by atoms with Crippen molar-refractivity contribution in [3.63, 3.8) is 0 Å². The van der Waals surface area contributed by atoms with E-state index in [0.29, 0.717) is 11.8 Å². The molecule has 3 N–H and O–H groups in total. The SMILES string of the molecule is CCCC(CCO)CN=C(NCC)NCCC1CCCN(C(=O)OC(C)(C)C)C1. The minimum absolute atomic E-state index is 0.198. The summed E-state index contributed by atoms with van der Waals surface area (Å²) in [6.45, 7) is 14.1. The lowest BCUT2D eigenvalue weighted by molar-refractivity contribution is 0.0162. The predicted octanol–water partition coefficient (Wildman–Crippen LogP) is 3.38.